The van der Waals surface area contributed by atoms with Crippen LogP contribution < -0.4 is 5.73 Å². The summed E-state index contributed by atoms with van der Waals surface area (Å²) in [6.07, 6.45) is 2.03. The fourth-order valence-electron chi connectivity index (χ4n) is 2.28. The molecule has 0 aliphatic rings. The van der Waals surface area contributed by atoms with E-state index in [0.29, 0.717) is 17.1 Å². The Morgan fingerprint density at radius 2 is 1.89 bits per heavy atom. The van der Waals surface area contributed by atoms with Crippen molar-refractivity contribution in [3.63, 3.8) is 0 Å². The van der Waals surface area contributed by atoms with E-state index in [-0.39, 0.29) is 11.9 Å². The molecule has 2 nitrogen and oxygen atoms in total. The first kappa shape index (κ1) is 15.4. The molecule has 0 aliphatic heterocycles. The molecule has 0 heterocycles. The molecular formula is C14H22ClFN2. The number of nitrogens with zero attached hydrogens (tertiary/aromatic N) is 1. The Labute approximate surface area is 114 Å². The lowest BCUT2D eigenvalue weighted by Crippen LogP contribution is -2.35. The predicted molar refractivity (Wildman–Crippen MR) is 75.4 cm³/mol. The van der Waals surface area contributed by atoms with E-state index < -0.39 is 0 Å². The third kappa shape index (κ3) is 3.67. The van der Waals surface area contributed by atoms with Gasteiger partial charge in [-0.1, -0.05) is 31.5 Å². The van der Waals surface area contributed by atoms with Crippen LogP contribution in [0.15, 0.2) is 18.2 Å². The van der Waals surface area contributed by atoms with E-state index in [0.717, 1.165) is 25.9 Å². The maximum absolute atomic E-state index is 14.0. The van der Waals surface area contributed by atoms with Crippen molar-refractivity contribution in [2.45, 2.75) is 32.7 Å². The summed E-state index contributed by atoms with van der Waals surface area (Å²) in [4.78, 5) is 2.21. The van der Waals surface area contributed by atoms with Gasteiger partial charge in [-0.2, -0.15) is 0 Å². The van der Waals surface area contributed by atoms with Crippen LogP contribution >= 0.6 is 11.6 Å². The molecule has 1 rings (SSSR count). The van der Waals surface area contributed by atoms with Crippen molar-refractivity contribution in [1.29, 1.82) is 0 Å². The number of rotatable bonds is 7. The van der Waals surface area contributed by atoms with Gasteiger partial charge >= 0.3 is 0 Å². The molecule has 1 aromatic rings. The van der Waals surface area contributed by atoms with E-state index in [1.165, 1.54) is 6.07 Å². The van der Waals surface area contributed by atoms with Gasteiger partial charge in [0, 0.05) is 17.1 Å². The molecule has 1 aromatic carbocycles. The van der Waals surface area contributed by atoms with Crippen LogP contribution in [-0.2, 0) is 0 Å². The molecule has 0 fully saturated rings. The Morgan fingerprint density at radius 3 is 2.33 bits per heavy atom. The fourth-order valence-corrected chi connectivity index (χ4v) is 2.57. The average molecular weight is 273 g/mol. The summed E-state index contributed by atoms with van der Waals surface area (Å²) in [5.74, 6) is -0.268. The first-order valence-corrected chi connectivity index (χ1v) is 6.91. The van der Waals surface area contributed by atoms with E-state index in [1.807, 2.05) is 0 Å². The van der Waals surface area contributed by atoms with Gasteiger partial charge in [0.1, 0.15) is 5.82 Å². The zero-order valence-corrected chi connectivity index (χ0v) is 11.9. The second-order valence-electron chi connectivity index (χ2n) is 4.42. The second kappa shape index (κ2) is 7.72. The van der Waals surface area contributed by atoms with Crippen molar-refractivity contribution in [2.24, 2.45) is 5.73 Å². The molecule has 0 aliphatic carbocycles. The zero-order valence-electron chi connectivity index (χ0n) is 11.1. The standard InChI is InChI=1S/C14H22ClFN2/c1-3-8-18(9-4-2)13(10-17)14-11(15)6-5-7-12(14)16/h5-7,13H,3-4,8-10,17H2,1-2H3. The molecule has 2 N–H and O–H groups in total. The van der Waals surface area contributed by atoms with Gasteiger partial charge in [-0.05, 0) is 38.1 Å². The summed E-state index contributed by atoms with van der Waals surface area (Å²) in [5.41, 5.74) is 6.37. The van der Waals surface area contributed by atoms with Gasteiger partial charge < -0.3 is 5.73 Å². The minimum atomic E-state index is -0.268. The van der Waals surface area contributed by atoms with Crippen molar-refractivity contribution in [3.05, 3.63) is 34.6 Å². The first-order chi connectivity index (χ1) is 8.65. The third-order valence-electron chi connectivity index (χ3n) is 3.02. The van der Waals surface area contributed by atoms with Crippen LogP contribution in [0, 0.1) is 5.82 Å². The molecule has 0 amide bonds. The summed E-state index contributed by atoms with van der Waals surface area (Å²) in [6, 6.07) is 4.65. The van der Waals surface area contributed by atoms with Crippen LogP contribution in [0.1, 0.15) is 38.3 Å². The van der Waals surface area contributed by atoms with Crippen molar-refractivity contribution in [1.82, 2.24) is 4.90 Å². The lowest BCUT2D eigenvalue weighted by atomic mass is 10.0. The summed E-state index contributed by atoms with van der Waals surface area (Å²) >= 11 is 6.13. The van der Waals surface area contributed by atoms with Crippen molar-refractivity contribution in [2.75, 3.05) is 19.6 Å². The average Bonchev–Trinajstić information content (AvgIpc) is 2.34. The molecule has 0 radical (unpaired) electrons. The highest BCUT2D eigenvalue weighted by molar-refractivity contribution is 6.31. The molecule has 4 heteroatoms. The predicted octanol–water partition coefficient (Wildman–Crippen LogP) is 3.60. The largest absolute Gasteiger partial charge is 0.329 e. The molecule has 102 valence electrons. The van der Waals surface area contributed by atoms with Gasteiger partial charge in [0.15, 0.2) is 0 Å². The Balaban J connectivity index is 3.06. The maximum atomic E-state index is 14.0. The van der Waals surface area contributed by atoms with E-state index in [4.69, 9.17) is 17.3 Å². The van der Waals surface area contributed by atoms with Gasteiger partial charge in [0.2, 0.25) is 0 Å². The van der Waals surface area contributed by atoms with Crippen molar-refractivity contribution >= 4 is 11.6 Å². The highest BCUT2D eigenvalue weighted by Gasteiger charge is 2.23. The lowest BCUT2D eigenvalue weighted by molar-refractivity contribution is 0.198. The van der Waals surface area contributed by atoms with E-state index >= 15 is 0 Å². The number of hydrogen-bond donors (Lipinski definition) is 1. The number of nitrogens with two attached hydrogens (primary N) is 1. The van der Waals surface area contributed by atoms with Gasteiger partial charge in [-0.25, -0.2) is 4.39 Å². The molecule has 0 spiro atoms. The number of benzene rings is 1. The summed E-state index contributed by atoms with van der Waals surface area (Å²) in [7, 11) is 0. The maximum Gasteiger partial charge on any atom is 0.129 e. The lowest BCUT2D eigenvalue weighted by Gasteiger charge is -2.31. The molecule has 18 heavy (non-hydrogen) atoms. The highest BCUT2D eigenvalue weighted by atomic mass is 35.5. The summed E-state index contributed by atoms with van der Waals surface area (Å²) in [5, 5.41) is 0.461. The Hall–Kier alpha value is -0.640. The minimum Gasteiger partial charge on any atom is -0.329 e. The van der Waals surface area contributed by atoms with Gasteiger partial charge in [0.05, 0.1) is 6.04 Å². The van der Waals surface area contributed by atoms with Crippen LogP contribution in [-0.4, -0.2) is 24.5 Å². The number of halogens is 2. The summed E-state index contributed by atoms with van der Waals surface area (Å²) < 4.78 is 14.0. The Bertz CT molecular complexity index is 345. The minimum absolute atomic E-state index is 0.140. The van der Waals surface area contributed by atoms with Crippen molar-refractivity contribution in [3.8, 4) is 0 Å². The third-order valence-corrected chi connectivity index (χ3v) is 3.35. The molecule has 1 atom stereocenters. The molecule has 0 aromatic heterocycles. The van der Waals surface area contributed by atoms with Crippen molar-refractivity contribution < 1.29 is 4.39 Å². The molecule has 0 saturated carbocycles. The normalized spacial score (nSPS) is 13.0. The van der Waals surface area contributed by atoms with Crippen LogP contribution in [0.5, 0.6) is 0 Å². The smallest absolute Gasteiger partial charge is 0.129 e. The van der Waals surface area contributed by atoms with Crippen LogP contribution in [0.4, 0.5) is 4.39 Å². The molecule has 1 unspecified atom stereocenters. The quantitative estimate of drug-likeness (QED) is 0.822. The molecule has 0 bridgehead atoms. The highest BCUT2D eigenvalue weighted by Crippen LogP contribution is 2.29. The van der Waals surface area contributed by atoms with Gasteiger partial charge in [0.25, 0.3) is 0 Å². The van der Waals surface area contributed by atoms with Crippen LogP contribution in [0.3, 0.4) is 0 Å². The molecular weight excluding hydrogens is 251 g/mol. The van der Waals surface area contributed by atoms with E-state index in [9.17, 15) is 4.39 Å². The van der Waals surface area contributed by atoms with Crippen LogP contribution in [0.2, 0.25) is 5.02 Å². The first-order valence-electron chi connectivity index (χ1n) is 6.53. The van der Waals surface area contributed by atoms with Gasteiger partial charge in [-0.3, -0.25) is 4.90 Å². The Morgan fingerprint density at radius 1 is 1.28 bits per heavy atom. The monoisotopic (exact) mass is 272 g/mol. The summed E-state index contributed by atoms with van der Waals surface area (Å²) in [6.45, 7) is 6.40. The van der Waals surface area contributed by atoms with Gasteiger partial charge in [-0.15, -0.1) is 0 Å². The second-order valence-corrected chi connectivity index (χ2v) is 4.83. The fraction of sp³-hybridized carbons (Fsp3) is 0.571. The number of hydrogen-bond acceptors (Lipinski definition) is 2. The Kier molecular flexibility index (Phi) is 6.61. The van der Waals surface area contributed by atoms with E-state index in [2.05, 4.69) is 18.7 Å². The topological polar surface area (TPSA) is 29.3 Å². The zero-order chi connectivity index (χ0) is 13.5. The van der Waals surface area contributed by atoms with E-state index in [1.54, 1.807) is 12.1 Å². The molecule has 0 saturated heterocycles. The SMILES string of the molecule is CCCN(CCC)C(CN)c1c(F)cccc1Cl. The van der Waals surface area contributed by atoms with Crippen LogP contribution in [0.25, 0.3) is 0 Å².